The smallest absolute Gasteiger partial charge is 0 e. The summed E-state index contributed by atoms with van der Waals surface area (Å²) in [6.45, 7) is 0. The van der Waals surface area contributed by atoms with Crippen LogP contribution in [0.1, 0.15) is 0 Å². The van der Waals surface area contributed by atoms with Crippen LogP contribution in [0.25, 0.3) is 0 Å². The standard InChI is InChI=1S/Ce.2O.Y. The van der Waals surface area contributed by atoms with E-state index in [2.05, 4.69) is 0 Å². The Balaban J connectivity index is 0. The molecule has 0 fully saturated rings. The fraction of sp³-hybridized carbons (Fsp3) is 0. The Labute approximate surface area is 70.6 Å². The maximum atomic E-state index is 8.57. The van der Waals surface area contributed by atoms with Crippen LogP contribution >= 0.6 is 0 Å². The van der Waals surface area contributed by atoms with Gasteiger partial charge in [0.25, 0.3) is 0 Å². The van der Waals surface area contributed by atoms with Gasteiger partial charge in [0.1, 0.15) is 0 Å². The minimum absolute atomic E-state index is 0. The first kappa shape index (κ1) is 9.43. The van der Waals surface area contributed by atoms with Crippen LogP contribution in [0.5, 0.6) is 0 Å². The normalized spacial score (nSPS) is 2.00. The van der Waals surface area contributed by atoms with Gasteiger partial charge < -0.3 is 0 Å². The van der Waals surface area contributed by atoms with Gasteiger partial charge in [-0.15, -0.1) is 0 Å². The summed E-state index contributed by atoms with van der Waals surface area (Å²) in [7, 11) is 0. The summed E-state index contributed by atoms with van der Waals surface area (Å²) < 4.78 is 17.1. The van der Waals surface area contributed by atoms with Gasteiger partial charge in [0.15, 0.2) is 0 Å². The predicted molar refractivity (Wildman–Crippen MR) is 1.37 cm³/mol. The summed E-state index contributed by atoms with van der Waals surface area (Å²) in [5.41, 5.74) is 0. The Morgan fingerprint density at radius 3 is 1.25 bits per heavy atom. The zero-order valence-electron chi connectivity index (χ0n) is 1.89. The largest absolute Gasteiger partial charge is 0 e. The Morgan fingerprint density at radius 1 is 1.25 bits per heavy atom. The van der Waals surface area contributed by atoms with E-state index in [0.29, 0.717) is 0 Å². The fourth-order valence-electron chi connectivity index (χ4n) is 0. The van der Waals surface area contributed by atoms with Gasteiger partial charge in [0.2, 0.25) is 0 Å². The number of hydrogen-bond donors (Lipinski definition) is 0. The zero-order chi connectivity index (χ0) is 2.71. The van der Waals surface area contributed by atoms with Gasteiger partial charge in [-0.3, -0.25) is 0 Å². The van der Waals surface area contributed by atoms with E-state index in [1.807, 2.05) is 0 Å². The maximum Gasteiger partial charge on any atom is 0 e. The van der Waals surface area contributed by atoms with E-state index in [9.17, 15) is 0 Å². The summed E-state index contributed by atoms with van der Waals surface area (Å²) >= 11 is -2.42. The van der Waals surface area contributed by atoms with Crippen molar-refractivity contribution in [3.63, 3.8) is 0 Å². The van der Waals surface area contributed by atoms with E-state index in [4.69, 9.17) is 1.88 Å². The molecule has 0 saturated carbocycles. The Kier molecular flexibility index (Phi) is 21.0. The van der Waals surface area contributed by atoms with Crippen LogP contribution in [-0.2, 0) is 34.6 Å². The molecule has 0 aromatic rings. The van der Waals surface area contributed by atoms with Crippen LogP contribution < -0.4 is 0 Å². The molecule has 0 aromatic heterocycles. The van der Waals surface area contributed by atoms with Crippen LogP contribution in [0.3, 0.4) is 0 Å². The van der Waals surface area contributed by atoms with Gasteiger partial charge in [-0.2, -0.15) is 0 Å². The Hall–Kier alpha value is 2.08. The molecule has 19 valence electrons. The average Bonchev–Trinajstić information content (AvgIpc) is 0.918. The molecule has 0 rings (SSSR count). The molecule has 0 saturated heterocycles. The van der Waals surface area contributed by atoms with Crippen molar-refractivity contribution in [1.82, 2.24) is 0 Å². The molecular weight excluding hydrogens is 261 g/mol. The summed E-state index contributed by atoms with van der Waals surface area (Å²) in [4.78, 5) is 0. The molecule has 0 bridgehead atoms. The van der Waals surface area contributed by atoms with Crippen molar-refractivity contribution >= 4 is 0 Å². The maximum absolute atomic E-state index is 8.57. The molecule has 0 aliphatic heterocycles. The van der Waals surface area contributed by atoms with E-state index >= 15 is 0 Å². The van der Waals surface area contributed by atoms with Crippen LogP contribution in [0.15, 0.2) is 0 Å². The molecule has 0 atom stereocenters. The van der Waals surface area contributed by atoms with Crippen LogP contribution in [0.4, 0.5) is 0 Å². The Bertz CT molecular complexity index is 27.0. The topological polar surface area (TPSA) is 34.1 Å². The minimum atomic E-state index is -2.42. The summed E-state index contributed by atoms with van der Waals surface area (Å²) in [5, 5.41) is 0. The zero-order valence-corrected chi connectivity index (χ0v) is 7.87. The van der Waals surface area contributed by atoms with Gasteiger partial charge in [-0.1, -0.05) is 0 Å². The molecule has 0 aliphatic rings. The molecule has 0 amide bonds. The fourth-order valence-corrected chi connectivity index (χ4v) is 0. The second kappa shape index (κ2) is 8.91. The summed E-state index contributed by atoms with van der Waals surface area (Å²) in [6.07, 6.45) is 0. The third-order valence-electron chi connectivity index (χ3n) is 0. The van der Waals surface area contributed by atoms with Crippen LogP contribution in [-0.4, -0.2) is 0 Å². The van der Waals surface area contributed by atoms with E-state index in [0.717, 1.165) is 0 Å². The van der Waals surface area contributed by atoms with E-state index in [1.54, 1.807) is 0 Å². The van der Waals surface area contributed by atoms with Crippen molar-refractivity contribution in [1.29, 1.82) is 0 Å². The van der Waals surface area contributed by atoms with Crippen molar-refractivity contribution in [2.24, 2.45) is 0 Å². The molecule has 2 nitrogen and oxygen atoms in total. The second-order valence-corrected chi connectivity index (χ2v) is 0.607. The van der Waals surface area contributed by atoms with Gasteiger partial charge in [-0.25, -0.2) is 0 Å². The van der Waals surface area contributed by atoms with Gasteiger partial charge in [0.05, 0.1) is 0 Å². The molecule has 1 radical (unpaired) electrons. The van der Waals surface area contributed by atoms with Crippen molar-refractivity contribution < 1.29 is 72.4 Å². The van der Waals surface area contributed by atoms with Crippen molar-refractivity contribution in [3.8, 4) is 0 Å². The van der Waals surface area contributed by atoms with Crippen molar-refractivity contribution in [2.75, 3.05) is 0 Å². The quantitative estimate of drug-likeness (QED) is 0.603. The van der Waals surface area contributed by atoms with E-state index in [-0.39, 0.29) is 32.7 Å². The van der Waals surface area contributed by atoms with Gasteiger partial charge >= 0.3 is 39.7 Å². The monoisotopic (exact) mass is 261 g/mol. The first-order valence-corrected chi connectivity index (χ1v) is 2.97. The van der Waals surface area contributed by atoms with Gasteiger partial charge in [0, 0.05) is 32.7 Å². The second-order valence-electron chi connectivity index (χ2n) is 0.0833. The number of hydrogen-bond acceptors (Lipinski definition) is 2. The first-order chi connectivity index (χ1) is 1.41. The number of rotatable bonds is 0. The molecule has 4 heavy (non-hydrogen) atoms. The predicted octanol–water partition coefficient (Wildman–Crippen LogP) is -0.240. The molecular formula is CeO2Y. The molecule has 4 heteroatoms. The molecule has 0 unspecified atom stereocenters. The SMILES string of the molecule is [O]=[Ce]=[O].[Y]. The molecule has 0 heterocycles. The molecule has 0 aliphatic carbocycles. The van der Waals surface area contributed by atoms with Gasteiger partial charge in [-0.05, 0) is 0 Å². The Morgan fingerprint density at radius 2 is 1.25 bits per heavy atom. The third kappa shape index (κ3) is 8.95. The summed E-state index contributed by atoms with van der Waals surface area (Å²) in [5.74, 6) is 0. The molecule has 0 aromatic carbocycles. The van der Waals surface area contributed by atoms with Crippen molar-refractivity contribution in [3.05, 3.63) is 0 Å². The summed E-state index contributed by atoms with van der Waals surface area (Å²) in [6, 6.07) is 0. The first-order valence-electron chi connectivity index (χ1n) is 0.408. The molecule has 0 spiro atoms. The van der Waals surface area contributed by atoms with E-state index in [1.165, 1.54) is 0 Å². The van der Waals surface area contributed by atoms with E-state index < -0.39 is 37.8 Å². The van der Waals surface area contributed by atoms with Crippen LogP contribution in [0.2, 0.25) is 0 Å². The van der Waals surface area contributed by atoms with Crippen molar-refractivity contribution in [2.45, 2.75) is 0 Å². The van der Waals surface area contributed by atoms with Crippen LogP contribution in [0, 0.1) is 37.8 Å². The minimum Gasteiger partial charge on any atom is 0 e. The third-order valence-corrected chi connectivity index (χ3v) is 0. The average molecular weight is 261 g/mol. The molecule has 0 N–H and O–H groups in total.